The highest BCUT2D eigenvalue weighted by molar-refractivity contribution is 5.90. The minimum Gasteiger partial charge on any atom is -0.452 e. The monoisotopic (exact) mass is 396 g/mol. The van der Waals surface area contributed by atoms with Crippen molar-refractivity contribution in [1.29, 1.82) is 0 Å². The highest BCUT2D eigenvalue weighted by Crippen LogP contribution is 2.41. The number of rotatable bonds is 10. The minimum absolute atomic E-state index is 0.390. The molecule has 156 valence electrons. The molecule has 0 bridgehead atoms. The van der Waals surface area contributed by atoms with Crippen molar-refractivity contribution in [2.75, 3.05) is 0 Å². The number of esters is 2. The Morgan fingerprint density at radius 2 is 1.17 bits per heavy atom. The van der Waals surface area contributed by atoms with Gasteiger partial charge in [-0.3, -0.25) is 0 Å². The van der Waals surface area contributed by atoms with Crippen molar-refractivity contribution < 1.29 is 19.1 Å². The van der Waals surface area contributed by atoms with Gasteiger partial charge in [0.15, 0.2) is 5.60 Å². The van der Waals surface area contributed by atoms with E-state index in [1.54, 1.807) is 24.3 Å². The summed E-state index contributed by atoms with van der Waals surface area (Å²) in [5.74, 6) is -0.787. The number of benzene rings is 2. The Kier molecular flexibility index (Phi) is 8.00. The van der Waals surface area contributed by atoms with Crippen LogP contribution in [0.5, 0.6) is 0 Å². The summed E-state index contributed by atoms with van der Waals surface area (Å²) >= 11 is 0. The van der Waals surface area contributed by atoms with Gasteiger partial charge in [0.25, 0.3) is 0 Å². The summed E-state index contributed by atoms with van der Waals surface area (Å²) in [5, 5.41) is 0. The molecule has 4 heteroatoms. The van der Waals surface area contributed by atoms with Crippen molar-refractivity contribution in [2.24, 2.45) is 0 Å². The second-order valence-electron chi connectivity index (χ2n) is 7.59. The Balaban J connectivity index is 2.40. The van der Waals surface area contributed by atoms with Crippen LogP contribution in [0.25, 0.3) is 0 Å². The second-order valence-corrected chi connectivity index (χ2v) is 7.59. The maximum atomic E-state index is 12.9. The van der Waals surface area contributed by atoms with E-state index in [4.69, 9.17) is 9.47 Å². The predicted molar refractivity (Wildman–Crippen MR) is 115 cm³/mol. The van der Waals surface area contributed by atoms with Gasteiger partial charge in [0.05, 0.1) is 11.1 Å². The average Bonchev–Trinajstić information content (AvgIpc) is 2.74. The number of hydrogen-bond acceptors (Lipinski definition) is 4. The fourth-order valence-corrected chi connectivity index (χ4v) is 3.95. The van der Waals surface area contributed by atoms with Gasteiger partial charge in [-0.05, 0) is 50.5 Å². The second kappa shape index (κ2) is 10.2. The van der Waals surface area contributed by atoms with E-state index in [9.17, 15) is 9.59 Å². The highest BCUT2D eigenvalue weighted by atomic mass is 16.6. The third-order valence-electron chi connectivity index (χ3n) is 5.54. The van der Waals surface area contributed by atoms with Gasteiger partial charge in [-0.25, -0.2) is 9.59 Å². The van der Waals surface area contributed by atoms with Crippen LogP contribution in [0.3, 0.4) is 0 Å². The Hall–Kier alpha value is -2.62. The Morgan fingerprint density at radius 3 is 1.59 bits per heavy atom. The molecule has 0 fully saturated rings. The van der Waals surface area contributed by atoms with Gasteiger partial charge in [0.1, 0.15) is 5.60 Å². The van der Waals surface area contributed by atoms with Crippen molar-refractivity contribution in [1.82, 2.24) is 0 Å². The molecule has 2 aromatic rings. The van der Waals surface area contributed by atoms with Crippen molar-refractivity contribution >= 4 is 11.9 Å². The molecule has 4 nitrogen and oxygen atoms in total. The fourth-order valence-electron chi connectivity index (χ4n) is 3.95. The smallest absolute Gasteiger partial charge is 0.338 e. The van der Waals surface area contributed by atoms with E-state index in [0.29, 0.717) is 30.4 Å². The maximum absolute atomic E-state index is 12.9. The molecule has 0 radical (unpaired) electrons. The lowest BCUT2D eigenvalue weighted by Crippen LogP contribution is -2.57. The molecule has 0 aliphatic rings. The van der Waals surface area contributed by atoms with Gasteiger partial charge >= 0.3 is 11.9 Å². The van der Waals surface area contributed by atoms with E-state index >= 15 is 0 Å². The standard InChI is InChI=1S/C25H32O4/c1-5-18-24(4,28-22(26)20-14-10-8-11-15-20)25(7-3,19-6-2)29-23(27)21-16-12-9-13-17-21/h8-17H,5-7,18-19H2,1-4H3. The van der Waals surface area contributed by atoms with Gasteiger partial charge in [-0.2, -0.15) is 0 Å². The van der Waals surface area contributed by atoms with Crippen molar-refractivity contribution in [3.05, 3.63) is 71.8 Å². The molecule has 0 amide bonds. The first-order valence-corrected chi connectivity index (χ1v) is 10.5. The van der Waals surface area contributed by atoms with Crippen LogP contribution in [0.15, 0.2) is 60.7 Å². The van der Waals surface area contributed by atoms with Gasteiger partial charge < -0.3 is 9.47 Å². The Morgan fingerprint density at radius 1 is 0.724 bits per heavy atom. The summed E-state index contributed by atoms with van der Waals surface area (Å²) in [6, 6.07) is 17.9. The molecular formula is C25H32O4. The number of carbonyl (C=O) groups excluding carboxylic acids is 2. The molecule has 2 unspecified atom stereocenters. The molecule has 2 atom stereocenters. The van der Waals surface area contributed by atoms with Gasteiger partial charge in [0.2, 0.25) is 0 Å². The van der Waals surface area contributed by atoms with Crippen molar-refractivity contribution in [3.8, 4) is 0 Å². The highest BCUT2D eigenvalue weighted by Gasteiger charge is 2.52. The number of ether oxygens (including phenoxy) is 2. The Bertz CT molecular complexity index is 787. The van der Waals surface area contributed by atoms with E-state index in [-0.39, 0.29) is 5.97 Å². The topological polar surface area (TPSA) is 52.6 Å². The molecule has 2 aromatic carbocycles. The first kappa shape index (κ1) is 22.7. The third-order valence-corrected chi connectivity index (χ3v) is 5.54. The van der Waals surface area contributed by atoms with E-state index in [2.05, 4.69) is 0 Å². The molecule has 0 spiro atoms. The van der Waals surface area contributed by atoms with E-state index in [1.165, 1.54) is 0 Å². The molecule has 2 rings (SSSR count). The molecule has 0 saturated carbocycles. The molecule has 0 aliphatic carbocycles. The van der Waals surface area contributed by atoms with E-state index in [0.717, 1.165) is 12.8 Å². The van der Waals surface area contributed by atoms with Gasteiger partial charge in [0, 0.05) is 0 Å². The first-order chi connectivity index (χ1) is 13.9. The zero-order valence-corrected chi connectivity index (χ0v) is 17.9. The quantitative estimate of drug-likeness (QED) is 0.448. The third kappa shape index (κ3) is 5.26. The summed E-state index contributed by atoms with van der Waals surface area (Å²) < 4.78 is 12.2. The van der Waals surface area contributed by atoms with E-state index < -0.39 is 17.2 Å². The van der Waals surface area contributed by atoms with E-state index in [1.807, 2.05) is 64.1 Å². The molecule has 0 heterocycles. The van der Waals surface area contributed by atoms with Crippen LogP contribution in [-0.4, -0.2) is 23.1 Å². The molecule has 29 heavy (non-hydrogen) atoms. The van der Waals surface area contributed by atoms with Gasteiger partial charge in [-0.15, -0.1) is 0 Å². The summed E-state index contributed by atoms with van der Waals surface area (Å²) in [7, 11) is 0. The summed E-state index contributed by atoms with van der Waals surface area (Å²) in [6.45, 7) is 7.97. The molecular weight excluding hydrogens is 364 g/mol. The lowest BCUT2D eigenvalue weighted by atomic mass is 9.75. The summed E-state index contributed by atoms with van der Waals surface area (Å²) in [5.41, 5.74) is -0.862. The van der Waals surface area contributed by atoms with Crippen LogP contribution in [0.4, 0.5) is 0 Å². The molecule has 0 aromatic heterocycles. The van der Waals surface area contributed by atoms with Crippen LogP contribution >= 0.6 is 0 Å². The molecule has 0 aliphatic heterocycles. The van der Waals surface area contributed by atoms with Crippen LogP contribution < -0.4 is 0 Å². The predicted octanol–water partition coefficient (Wildman–Crippen LogP) is 6.21. The summed E-state index contributed by atoms with van der Waals surface area (Å²) in [6.07, 6.45) is 3.37. The van der Waals surface area contributed by atoms with Crippen molar-refractivity contribution in [3.63, 3.8) is 0 Å². The lowest BCUT2D eigenvalue weighted by molar-refractivity contribution is -0.160. The normalized spacial score (nSPS) is 15.0. The van der Waals surface area contributed by atoms with Crippen LogP contribution in [0, 0.1) is 0 Å². The van der Waals surface area contributed by atoms with Crippen LogP contribution in [-0.2, 0) is 9.47 Å². The average molecular weight is 397 g/mol. The number of hydrogen-bond donors (Lipinski definition) is 0. The number of carbonyl (C=O) groups is 2. The first-order valence-electron chi connectivity index (χ1n) is 10.5. The zero-order valence-electron chi connectivity index (χ0n) is 17.9. The van der Waals surface area contributed by atoms with Crippen LogP contribution in [0.1, 0.15) is 80.5 Å². The molecule has 0 N–H and O–H groups in total. The Labute approximate surface area is 174 Å². The largest absolute Gasteiger partial charge is 0.452 e. The summed E-state index contributed by atoms with van der Waals surface area (Å²) in [4.78, 5) is 25.8. The lowest BCUT2D eigenvalue weighted by Gasteiger charge is -2.46. The van der Waals surface area contributed by atoms with Crippen molar-refractivity contribution in [2.45, 2.75) is 71.0 Å². The fraction of sp³-hybridized carbons (Fsp3) is 0.440. The zero-order chi connectivity index (χ0) is 21.3. The SMILES string of the molecule is CCCC(C)(OC(=O)c1ccccc1)C(CC)(CCC)OC(=O)c1ccccc1. The minimum atomic E-state index is -0.941. The van der Waals surface area contributed by atoms with Crippen LogP contribution in [0.2, 0.25) is 0 Å². The maximum Gasteiger partial charge on any atom is 0.338 e. The van der Waals surface area contributed by atoms with Gasteiger partial charge in [-0.1, -0.05) is 70.0 Å². The molecule has 0 saturated heterocycles.